The van der Waals surface area contributed by atoms with Gasteiger partial charge in [0.05, 0.1) is 0 Å². The normalized spacial score (nSPS) is 41.8. The maximum absolute atomic E-state index is 2.53. The van der Waals surface area contributed by atoms with Crippen LogP contribution in [0.15, 0.2) is 11.6 Å². The zero-order valence-corrected chi connectivity index (χ0v) is 8.40. The molecule has 1 saturated carbocycles. The third-order valence-electron chi connectivity index (χ3n) is 3.86. The zero-order chi connectivity index (χ0) is 8.60. The Kier molecular flexibility index (Phi) is 2.02. The van der Waals surface area contributed by atoms with E-state index in [1.807, 2.05) is 0 Å². The van der Waals surface area contributed by atoms with Crippen LogP contribution >= 0.6 is 0 Å². The molecule has 0 bridgehead atoms. The fourth-order valence-electron chi connectivity index (χ4n) is 2.83. The maximum atomic E-state index is 2.53. The van der Waals surface area contributed by atoms with Crippen LogP contribution in [0.1, 0.15) is 52.4 Å². The molecule has 0 heteroatoms. The molecule has 0 heterocycles. The Balaban J connectivity index is 2.19. The summed E-state index contributed by atoms with van der Waals surface area (Å²) < 4.78 is 0. The van der Waals surface area contributed by atoms with Crippen molar-refractivity contribution in [2.45, 2.75) is 52.4 Å². The summed E-state index contributed by atoms with van der Waals surface area (Å²) in [7, 11) is 0. The van der Waals surface area contributed by atoms with Crippen LogP contribution in [0.25, 0.3) is 0 Å². The Hall–Kier alpha value is -0.260. The molecule has 0 nitrogen and oxygen atoms in total. The second-order valence-electron chi connectivity index (χ2n) is 5.03. The van der Waals surface area contributed by atoms with Crippen molar-refractivity contribution in [3.05, 3.63) is 11.6 Å². The van der Waals surface area contributed by atoms with E-state index in [9.17, 15) is 0 Å². The van der Waals surface area contributed by atoms with Gasteiger partial charge in [0, 0.05) is 0 Å². The van der Waals surface area contributed by atoms with Crippen LogP contribution in [0.2, 0.25) is 0 Å². The zero-order valence-electron chi connectivity index (χ0n) is 8.40. The third kappa shape index (κ3) is 1.32. The predicted molar refractivity (Wildman–Crippen MR) is 53.1 cm³/mol. The molecule has 1 fully saturated rings. The molecule has 2 unspecified atom stereocenters. The summed E-state index contributed by atoms with van der Waals surface area (Å²) in [5, 5.41) is 0. The first-order valence-electron chi connectivity index (χ1n) is 5.40. The lowest BCUT2D eigenvalue weighted by atomic mass is 9.64. The molecule has 0 aromatic carbocycles. The molecule has 0 aliphatic heterocycles. The van der Waals surface area contributed by atoms with Gasteiger partial charge < -0.3 is 0 Å². The van der Waals surface area contributed by atoms with Gasteiger partial charge >= 0.3 is 0 Å². The Morgan fingerprint density at radius 3 is 3.08 bits per heavy atom. The standard InChI is InChI=1S/C12H20/c1-10-6-8-12(2)7-4-3-5-11(12)9-10/h5,10H,3-4,6-9H2,1-2H3. The van der Waals surface area contributed by atoms with Gasteiger partial charge in [0.25, 0.3) is 0 Å². The topological polar surface area (TPSA) is 0 Å². The van der Waals surface area contributed by atoms with E-state index in [0.717, 1.165) is 5.92 Å². The molecular weight excluding hydrogens is 144 g/mol. The molecule has 0 aromatic heterocycles. The Morgan fingerprint density at radius 2 is 2.25 bits per heavy atom. The second-order valence-corrected chi connectivity index (χ2v) is 5.03. The molecule has 2 atom stereocenters. The van der Waals surface area contributed by atoms with Gasteiger partial charge in [-0.2, -0.15) is 0 Å². The fraction of sp³-hybridized carbons (Fsp3) is 0.833. The summed E-state index contributed by atoms with van der Waals surface area (Å²) >= 11 is 0. The molecule has 2 aliphatic carbocycles. The average Bonchev–Trinajstić information content (AvgIpc) is 2.06. The van der Waals surface area contributed by atoms with E-state index in [2.05, 4.69) is 19.9 Å². The van der Waals surface area contributed by atoms with Gasteiger partial charge in [-0.05, 0) is 49.9 Å². The van der Waals surface area contributed by atoms with Crippen molar-refractivity contribution in [1.82, 2.24) is 0 Å². The third-order valence-corrected chi connectivity index (χ3v) is 3.86. The first-order valence-corrected chi connectivity index (χ1v) is 5.40. The van der Waals surface area contributed by atoms with Crippen LogP contribution in [-0.4, -0.2) is 0 Å². The Morgan fingerprint density at radius 1 is 1.42 bits per heavy atom. The Labute approximate surface area is 76.1 Å². The average molecular weight is 164 g/mol. The molecule has 68 valence electrons. The molecule has 2 aliphatic rings. The van der Waals surface area contributed by atoms with Crippen molar-refractivity contribution in [3.63, 3.8) is 0 Å². The minimum absolute atomic E-state index is 0.616. The summed E-state index contributed by atoms with van der Waals surface area (Å²) in [6.07, 6.45) is 11.0. The molecule has 0 saturated heterocycles. The molecular formula is C12H20. The van der Waals surface area contributed by atoms with Crippen LogP contribution in [0.3, 0.4) is 0 Å². The van der Waals surface area contributed by atoms with Crippen LogP contribution in [0, 0.1) is 11.3 Å². The van der Waals surface area contributed by atoms with Crippen molar-refractivity contribution in [1.29, 1.82) is 0 Å². The van der Waals surface area contributed by atoms with E-state index in [1.54, 1.807) is 5.57 Å². The molecule has 0 spiro atoms. The maximum Gasteiger partial charge on any atom is -0.0116 e. The monoisotopic (exact) mass is 164 g/mol. The molecule has 12 heavy (non-hydrogen) atoms. The highest BCUT2D eigenvalue weighted by atomic mass is 14.4. The molecule has 0 aromatic rings. The van der Waals surface area contributed by atoms with Gasteiger partial charge in [0.15, 0.2) is 0 Å². The second kappa shape index (κ2) is 2.90. The highest BCUT2D eigenvalue weighted by Gasteiger charge is 2.34. The lowest BCUT2D eigenvalue weighted by molar-refractivity contribution is 0.228. The molecule has 2 rings (SSSR count). The van der Waals surface area contributed by atoms with Crippen LogP contribution < -0.4 is 0 Å². The highest BCUT2D eigenvalue weighted by molar-refractivity contribution is 5.19. The molecule has 0 N–H and O–H groups in total. The molecule has 0 radical (unpaired) electrons. The number of fused-ring (bicyclic) bond motifs is 1. The van der Waals surface area contributed by atoms with E-state index < -0.39 is 0 Å². The van der Waals surface area contributed by atoms with Crippen molar-refractivity contribution in [2.75, 3.05) is 0 Å². The molecule has 0 amide bonds. The summed E-state index contributed by atoms with van der Waals surface area (Å²) in [5.41, 5.74) is 2.40. The predicted octanol–water partition coefficient (Wildman–Crippen LogP) is 3.92. The van der Waals surface area contributed by atoms with Gasteiger partial charge in [-0.25, -0.2) is 0 Å². The largest absolute Gasteiger partial charge is 0.0848 e. The SMILES string of the molecule is CC1CCC2(C)CCCC=C2C1. The van der Waals surface area contributed by atoms with Crippen LogP contribution in [0.5, 0.6) is 0 Å². The van der Waals surface area contributed by atoms with E-state index in [1.165, 1.54) is 38.5 Å². The fourth-order valence-corrected chi connectivity index (χ4v) is 2.83. The first kappa shape index (κ1) is 8.34. The van der Waals surface area contributed by atoms with Crippen LogP contribution in [0.4, 0.5) is 0 Å². The van der Waals surface area contributed by atoms with Gasteiger partial charge in [-0.3, -0.25) is 0 Å². The summed E-state index contributed by atoms with van der Waals surface area (Å²) in [4.78, 5) is 0. The lowest BCUT2D eigenvalue weighted by Crippen LogP contribution is -2.28. The number of hydrogen-bond acceptors (Lipinski definition) is 0. The van der Waals surface area contributed by atoms with E-state index in [4.69, 9.17) is 0 Å². The number of hydrogen-bond donors (Lipinski definition) is 0. The smallest absolute Gasteiger partial charge is 0.0116 e. The van der Waals surface area contributed by atoms with Gasteiger partial charge in [-0.15, -0.1) is 0 Å². The van der Waals surface area contributed by atoms with Crippen molar-refractivity contribution < 1.29 is 0 Å². The minimum atomic E-state index is 0.616. The van der Waals surface area contributed by atoms with Crippen LogP contribution in [-0.2, 0) is 0 Å². The first-order chi connectivity index (χ1) is 5.71. The number of rotatable bonds is 0. The Bertz CT molecular complexity index is 202. The van der Waals surface area contributed by atoms with Gasteiger partial charge in [-0.1, -0.05) is 25.5 Å². The van der Waals surface area contributed by atoms with E-state index in [0.29, 0.717) is 5.41 Å². The highest BCUT2D eigenvalue weighted by Crippen LogP contribution is 2.48. The van der Waals surface area contributed by atoms with Crippen molar-refractivity contribution in [3.8, 4) is 0 Å². The summed E-state index contributed by atoms with van der Waals surface area (Å²) in [6, 6.07) is 0. The number of allylic oxidation sites excluding steroid dienone is 2. The van der Waals surface area contributed by atoms with Crippen molar-refractivity contribution >= 4 is 0 Å². The van der Waals surface area contributed by atoms with E-state index in [-0.39, 0.29) is 0 Å². The van der Waals surface area contributed by atoms with Gasteiger partial charge in [0.1, 0.15) is 0 Å². The van der Waals surface area contributed by atoms with E-state index >= 15 is 0 Å². The van der Waals surface area contributed by atoms with Gasteiger partial charge in [0.2, 0.25) is 0 Å². The minimum Gasteiger partial charge on any atom is -0.0848 e. The summed E-state index contributed by atoms with van der Waals surface area (Å²) in [6.45, 7) is 4.87. The van der Waals surface area contributed by atoms with Crippen molar-refractivity contribution in [2.24, 2.45) is 11.3 Å². The lowest BCUT2D eigenvalue weighted by Gasteiger charge is -2.41. The quantitative estimate of drug-likeness (QED) is 0.476. The summed E-state index contributed by atoms with van der Waals surface area (Å²) in [5.74, 6) is 0.947.